The van der Waals surface area contributed by atoms with Gasteiger partial charge in [-0.1, -0.05) is 13.3 Å². The van der Waals surface area contributed by atoms with E-state index in [4.69, 9.17) is 0 Å². The van der Waals surface area contributed by atoms with E-state index >= 15 is 0 Å². The van der Waals surface area contributed by atoms with Gasteiger partial charge in [-0.15, -0.1) is 0 Å². The number of aryl methyl sites for hydroxylation is 1. The van der Waals surface area contributed by atoms with Crippen LogP contribution in [0.3, 0.4) is 0 Å². The minimum atomic E-state index is -0.176. The van der Waals surface area contributed by atoms with Crippen molar-refractivity contribution in [3.63, 3.8) is 0 Å². The van der Waals surface area contributed by atoms with Gasteiger partial charge in [0.2, 0.25) is 0 Å². The molecular formula is C11H21N3O. The highest BCUT2D eigenvalue weighted by molar-refractivity contribution is 5.04. The highest BCUT2D eigenvalue weighted by atomic mass is 16.3. The van der Waals surface area contributed by atoms with Crippen molar-refractivity contribution in [1.82, 2.24) is 15.1 Å². The van der Waals surface area contributed by atoms with Crippen LogP contribution in [0.25, 0.3) is 0 Å². The minimum Gasteiger partial charge on any atom is -0.394 e. The molecule has 1 aromatic heterocycles. The lowest BCUT2D eigenvalue weighted by molar-refractivity contribution is 0.163. The predicted octanol–water partition coefficient (Wildman–Crippen LogP) is 1.06. The molecule has 1 atom stereocenters. The molecule has 4 heteroatoms. The van der Waals surface area contributed by atoms with Gasteiger partial charge in [-0.3, -0.25) is 4.68 Å². The van der Waals surface area contributed by atoms with Gasteiger partial charge >= 0.3 is 0 Å². The lowest BCUT2D eigenvalue weighted by Crippen LogP contribution is -2.45. The Morgan fingerprint density at radius 3 is 2.80 bits per heavy atom. The van der Waals surface area contributed by atoms with Crippen molar-refractivity contribution in [2.45, 2.75) is 38.8 Å². The maximum atomic E-state index is 9.32. The third kappa shape index (κ3) is 3.64. The van der Waals surface area contributed by atoms with Gasteiger partial charge in [0.15, 0.2) is 0 Å². The van der Waals surface area contributed by atoms with Gasteiger partial charge in [-0.05, 0) is 13.3 Å². The molecule has 0 fully saturated rings. The summed E-state index contributed by atoms with van der Waals surface area (Å²) in [5.41, 5.74) is 0.971. The SMILES string of the molecule is CCC[C@](C)(CO)NCc1cnn(C)c1. The quantitative estimate of drug-likeness (QED) is 0.740. The van der Waals surface area contributed by atoms with Crippen LogP contribution < -0.4 is 5.32 Å². The van der Waals surface area contributed by atoms with Gasteiger partial charge < -0.3 is 10.4 Å². The van der Waals surface area contributed by atoms with Crippen molar-refractivity contribution in [1.29, 1.82) is 0 Å². The second kappa shape index (κ2) is 5.28. The van der Waals surface area contributed by atoms with Gasteiger partial charge in [0.1, 0.15) is 0 Å². The van der Waals surface area contributed by atoms with Crippen LogP contribution in [0.2, 0.25) is 0 Å². The minimum absolute atomic E-state index is 0.168. The second-order valence-electron chi connectivity index (χ2n) is 4.34. The summed E-state index contributed by atoms with van der Waals surface area (Å²) in [6.45, 7) is 5.10. The summed E-state index contributed by atoms with van der Waals surface area (Å²) in [6, 6.07) is 0. The molecule has 0 aromatic carbocycles. The number of hydrogen-bond donors (Lipinski definition) is 2. The summed E-state index contributed by atoms with van der Waals surface area (Å²) in [6.07, 6.45) is 5.87. The van der Waals surface area contributed by atoms with Gasteiger partial charge in [0.05, 0.1) is 12.8 Å². The van der Waals surface area contributed by atoms with Crippen LogP contribution in [0, 0.1) is 0 Å². The number of aliphatic hydroxyl groups is 1. The lowest BCUT2D eigenvalue weighted by atomic mass is 9.97. The van der Waals surface area contributed by atoms with E-state index in [-0.39, 0.29) is 12.1 Å². The van der Waals surface area contributed by atoms with Crippen molar-refractivity contribution in [2.24, 2.45) is 7.05 Å². The summed E-state index contributed by atoms with van der Waals surface area (Å²) in [5, 5.41) is 16.8. The second-order valence-corrected chi connectivity index (χ2v) is 4.34. The Kier molecular flexibility index (Phi) is 4.29. The molecule has 0 spiro atoms. The highest BCUT2D eigenvalue weighted by Crippen LogP contribution is 2.12. The fourth-order valence-electron chi connectivity index (χ4n) is 1.65. The molecule has 0 amide bonds. The van der Waals surface area contributed by atoms with Crippen LogP contribution in [0.4, 0.5) is 0 Å². The van der Waals surface area contributed by atoms with E-state index < -0.39 is 0 Å². The number of aromatic nitrogens is 2. The molecule has 0 aliphatic rings. The van der Waals surface area contributed by atoms with E-state index in [0.717, 1.165) is 24.9 Å². The first-order valence-corrected chi connectivity index (χ1v) is 5.43. The molecule has 0 unspecified atom stereocenters. The summed E-state index contributed by atoms with van der Waals surface area (Å²) in [4.78, 5) is 0. The molecular weight excluding hydrogens is 190 g/mol. The van der Waals surface area contributed by atoms with Crippen molar-refractivity contribution in [3.05, 3.63) is 18.0 Å². The monoisotopic (exact) mass is 211 g/mol. The topological polar surface area (TPSA) is 50.1 Å². The number of hydrogen-bond acceptors (Lipinski definition) is 3. The van der Waals surface area contributed by atoms with E-state index in [1.54, 1.807) is 4.68 Å². The molecule has 1 aromatic rings. The van der Waals surface area contributed by atoms with Gasteiger partial charge in [0, 0.05) is 30.9 Å². The zero-order chi connectivity index (χ0) is 11.3. The fraction of sp³-hybridized carbons (Fsp3) is 0.727. The summed E-state index contributed by atoms with van der Waals surface area (Å²) in [7, 11) is 1.90. The van der Waals surface area contributed by atoms with Crippen LogP contribution in [0.5, 0.6) is 0 Å². The zero-order valence-electron chi connectivity index (χ0n) is 9.82. The Morgan fingerprint density at radius 2 is 2.33 bits per heavy atom. The van der Waals surface area contributed by atoms with Crippen molar-refractivity contribution in [3.8, 4) is 0 Å². The van der Waals surface area contributed by atoms with Crippen LogP contribution in [-0.4, -0.2) is 27.0 Å². The van der Waals surface area contributed by atoms with Crippen molar-refractivity contribution < 1.29 is 5.11 Å². The third-order valence-corrected chi connectivity index (χ3v) is 2.63. The zero-order valence-corrected chi connectivity index (χ0v) is 9.82. The maximum Gasteiger partial charge on any atom is 0.0610 e. The van der Waals surface area contributed by atoms with Gasteiger partial charge in [-0.2, -0.15) is 5.10 Å². The molecule has 4 nitrogen and oxygen atoms in total. The normalized spacial score (nSPS) is 15.2. The van der Waals surface area contributed by atoms with Crippen LogP contribution >= 0.6 is 0 Å². The molecule has 0 aliphatic heterocycles. The highest BCUT2D eigenvalue weighted by Gasteiger charge is 2.21. The largest absolute Gasteiger partial charge is 0.394 e. The Hall–Kier alpha value is -0.870. The smallest absolute Gasteiger partial charge is 0.0610 e. The Labute approximate surface area is 91.3 Å². The van der Waals surface area contributed by atoms with E-state index in [9.17, 15) is 5.11 Å². The first-order chi connectivity index (χ1) is 7.09. The van der Waals surface area contributed by atoms with Gasteiger partial charge in [0.25, 0.3) is 0 Å². The molecule has 0 aliphatic carbocycles. The summed E-state index contributed by atoms with van der Waals surface area (Å²) < 4.78 is 1.78. The third-order valence-electron chi connectivity index (χ3n) is 2.63. The van der Waals surface area contributed by atoms with E-state index in [1.807, 2.05) is 26.4 Å². The van der Waals surface area contributed by atoms with Crippen LogP contribution in [-0.2, 0) is 13.6 Å². The predicted molar refractivity (Wildman–Crippen MR) is 60.4 cm³/mol. The average Bonchev–Trinajstić information content (AvgIpc) is 2.62. The van der Waals surface area contributed by atoms with E-state index in [0.29, 0.717) is 0 Å². The first kappa shape index (κ1) is 12.2. The first-order valence-electron chi connectivity index (χ1n) is 5.43. The molecule has 0 saturated heterocycles. The van der Waals surface area contributed by atoms with E-state index in [1.165, 1.54) is 0 Å². The van der Waals surface area contributed by atoms with E-state index in [2.05, 4.69) is 17.3 Å². The number of nitrogens with zero attached hydrogens (tertiary/aromatic N) is 2. The maximum absolute atomic E-state index is 9.32. The summed E-state index contributed by atoms with van der Waals surface area (Å²) in [5.74, 6) is 0. The molecule has 15 heavy (non-hydrogen) atoms. The molecule has 2 N–H and O–H groups in total. The van der Waals surface area contributed by atoms with Crippen LogP contribution in [0.1, 0.15) is 32.3 Å². The Balaban J connectivity index is 2.47. The average molecular weight is 211 g/mol. The number of rotatable bonds is 6. The van der Waals surface area contributed by atoms with Crippen molar-refractivity contribution >= 4 is 0 Å². The molecule has 1 rings (SSSR count). The fourth-order valence-corrected chi connectivity index (χ4v) is 1.65. The number of aliphatic hydroxyl groups excluding tert-OH is 1. The molecule has 86 valence electrons. The lowest BCUT2D eigenvalue weighted by Gasteiger charge is -2.28. The molecule has 0 saturated carbocycles. The summed E-state index contributed by atoms with van der Waals surface area (Å²) >= 11 is 0. The molecule has 0 radical (unpaired) electrons. The molecule has 0 bridgehead atoms. The van der Waals surface area contributed by atoms with Crippen LogP contribution in [0.15, 0.2) is 12.4 Å². The van der Waals surface area contributed by atoms with Gasteiger partial charge in [-0.25, -0.2) is 0 Å². The standard InChI is InChI=1S/C11H21N3O/c1-4-5-11(2,9-15)12-6-10-7-13-14(3)8-10/h7-8,12,15H,4-6,9H2,1-3H3/t11-/m1/s1. The van der Waals surface area contributed by atoms with Crippen molar-refractivity contribution in [2.75, 3.05) is 6.61 Å². The Bertz CT molecular complexity index is 298. The Morgan fingerprint density at radius 1 is 1.60 bits per heavy atom. The number of nitrogens with one attached hydrogen (secondary N) is 1. The molecule has 1 heterocycles.